The zero-order valence-electron chi connectivity index (χ0n) is 16.2. The van der Waals surface area contributed by atoms with Crippen molar-refractivity contribution in [2.24, 2.45) is 0 Å². The van der Waals surface area contributed by atoms with Gasteiger partial charge < -0.3 is 10.2 Å². The molecule has 3 aromatic rings. The number of rotatable bonds is 5. The average Bonchev–Trinajstić information content (AvgIpc) is 3.15. The molecule has 2 heterocycles. The number of carbonyl (C=O) groups excluding carboxylic acids is 1. The van der Waals surface area contributed by atoms with Crippen LogP contribution in [0.3, 0.4) is 0 Å². The highest BCUT2D eigenvalue weighted by Crippen LogP contribution is 2.16. The molecule has 6 nitrogen and oxygen atoms in total. The summed E-state index contributed by atoms with van der Waals surface area (Å²) in [6, 6.07) is 13.3. The van der Waals surface area contributed by atoms with E-state index in [4.69, 9.17) is 0 Å². The number of nitrogens with one attached hydrogen (secondary N) is 1. The van der Waals surface area contributed by atoms with Crippen molar-refractivity contribution in [1.29, 1.82) is 0 Å². The molecule has 1 aliphatic rings. The number of hydrogen-bond donors (Lipinski definition) is 1. The number of fused-ring (bicyclic) bond motifs is 2. The fraction of sp³-hybridized carbons (Fsp3) is 0.318. The molecule has 1 amide bonds. The van der Waals surface area contributed by atoms with E-state index in [-0.39, 0.29) is 11.5 Å². The van der Waals surface area contributed by atoms with Gasteiger partial charge in [0.2, 0.25) is 0 Å². The number of amides is 1. The van der Waals surface area contributed by atoms with Crippen molar-refractivity contribution in [2.75, 3.05) is 14.1 Å². The maximum atomic E-state index is 12.6. The summed E-state index contributed by atoms with van der Waals surface area (Å²) in [5.74, 6) is 0.648. The van der Waals surface area contributed by atoms with E-state index >= 15 is 0 Å². The molecule has 0 atom stereocenters. The lowest BCUT2D eigenvalue weighted by Gasteiger charge is -2.11. The van der Waals surface area contributed by atoms with E-state index in [0.29, 0.717) is 23.0 Å². The van der Waals surface area contributed by atoms with Crippen molar-refractivity contribution in [1.82, 2.24) is 19.8 Å². The normalized spacial score (nSPS) is 13.1. The molecule has 0 aliphatic carbocycles. The first-order valence-corrected chi connectivity index (χ1v) is 9.55. The minimum atomic E-state index is -0.165. The van der Waals surface area contributed by atoms with Crippen LogP contribution in [0.2, 0.25) is 0 Å². The summed E-state index contributed by atoms with van der Waals surface area (Å²) in [7, 11) is 4.07. The Kier molecular flexibility index (Phi) is 4.96. The third-order valence-corrected chi connectivity index (χ3v) is 5.05. The Morgan fingerprint density at radius 1 is 1.14 bits per heavy atom. The molecule has 144 valence electrons. The van der Waals surface area contributed by atoms with E-state index in [9.17, 15) is 9.59 Å². The van der Waals surface area contributed by atoms with Crippen molar-refractivity contribution < 1.29 is 4.79 Å². The maximum Gasteiger partial charge on any atom is 0.261 e. The van der Waals surface area contributed by atoms with Gasteiger partial charge in [0.15, 0.2) is 0 Å². The Morgan fingerprint density at radius 3 is 2.64 bits per heavy atom. The van der Waals surface area contributed by atoms with Crippen LogP contribution in [0.25, 0.3) is 10.9 Å². The van der Waals surface area contributed by atoms with Gasteiger partial charge in [-0.2, -0.15) is 0 Å². The summed E-state index contributed by atoms with van der Waals surface area (Å²) in [5, 5.41) is 3.51. The molecule has 28 heavy (non-hydrogen) atoms. The third-order valence-electron chi connectivity index (χ3n) is 5.05. The maximum absolute atomic E-state index is 12.6. The number of aryl methyl sites for hydroxylation is 1. The summed E-state index contributed by atoms with van der Waals surface area (Å²) >= 11 is 0. The van der Waals surface area contributed by atoms with Crippen LogP contribution in [0.1, 0.15) is 33.7 Å². The Hall–Kier alpha value is -2.99. The molecule has 0 spiro atoms. The molecule has 2 aromatic carbocycles. The molecule has 1 aliphatic heterocycles. The van der Waals surface area contributed by atoms with E-state index in [1.807, 2.05) is 26.2 Å². The number of aromatic nitrogens is 2. The van der Waals surface area contributed by atoms with E-state index < -0.39 is 0 Å². The fourth-order valence-corrected chi connectivity index (χ4v) is 3.64. The van der Waals surface area contributed by atoms with Gasteiger partial charge >= 0.3 is 0 Å². The lowest BCUT2D eigenvalue weighted by Crippen LogP contribution is -2.24. The minimum Gasteiger partial charge on any atom is -0.348 e. The smallest absolute Gasteiger partial charge is 0.261 e. The standard InChI is InChI=1S/C22H24N4O2/c1-25(2)14-16-7-5-15(6-8-16)13-23-21(27)17-9-10-18-19(12-17)24-20-4-3-11-26(20)22(18)28/h5-10,12H,3-4,11,13-14H2,1-2H3,(H,23,27). The van der Waals surface area contributed by atoms with Crippen LogP contribution in [-0.4, -0.2) is 34.5 Å². The first-order valence-electron chi connectivity index (χ1n) is 9.55. The molecule has 0 bridgehead atoms. The van der Waals surface area contributed by atoms with Gasteiger partial charge in [0.05, 0.1) is 10.9 Å². The van der Waals surface area contributed by atoms with Crippen molar-refractivity contribution >= 4 is 16.8 Å². The molecule has 0 unspecified atom stereocenters. The lowest BCUT2D eigenvalue weighted by molar-refractivity contribution is 0.0951. The average molecular weight is 376 g/mol. The summed E-state index contributed by atoms with van der Waals surface area (Å²) in [4.78, 5) is 31.8. The molecule has 0 saturated heterocycles. The van der Waals surface area contributed by atoms with Crippen LogP contribution >= 0.6 is 0 Å². The first kappa shape index (κ1) is 18.4. The lowest BCUT2D eigenvalue weighted by atomic mass is 10.1. The number of carbonyl (C=O) groups is 1. The van der Waals surface area contributed by atoms with Crippen LogP contribution in [0.4, 0.5) is 0 Å². The second-order valence-electron chi connectivity index (χ2n) is 7.56. The molecule has 4 rings (SSSR count). The highest BCUT2D eigenvalue weighted by atomic mass is 16.1. The van der Waals surface area contributed by atoms with Gasteiger partial charge in [-0.1, -0.05) is 24.3 Å². The first-order chi connectivity index (χ1) is 13.5. The molecule has 0 fully saturated rings. The zero-order chi connectivity index (χ0) is 19.7. The second kappa shape index (κ2) is 7.56. The summed E-state index contributed by atoms with van der Waals surface area (Å²) in [6.45, 7) is 2.08. The van der Waals surface area contributed by atoms with Gasteiger partial charge in [-0.15, -0.1) is 0 Å². The fourth-order valence-electron chi connectivity index (χ4n) is 3.64. The SMILES string of the molecule is CN(C)Cc1ccc(CNC(=O)c2ccc3c(=O)n4c(nc3c2)CCC4)cc1. The van der Waals surface area contributed by atoms with E-state index in [2.05, 4.69) is 27.3 Å². The molecular weight excluding hydrogens is 352 g/mol. The van der Waals surface area contributed by atoms with Gasteiger partial charge in [-0.25, -0.2) is 4.98 Å². The van der Waals surface area contributed by atoms with Crippen molar-refractivity contribution in [2.45, 2.75) is 32.5 Å². The van der Waals surface area contributed by atoms with E-state index in [1.165, 1.54) is 5.56 Å². The Morgan fingerprint density at radius 2 is 1.89 bits per heavy atom. The Bertz CT molecular complexity index is 1080. The van der Waals surface area contributed by atoms with Gasteiger partial charge in [0.1, 0.15) is 5.82 Å². The molecule has 1 aromatic heterocycles. The van der Waals surface area contributed by atoms with Crippen LogP contribution in [0, 0.1) is 0 Å². The van der Waals surface area contributed by atoms with Gasteiger partial charge in [-0.3, -0.25) is 14.2 Å². The quantitative estimate of drug-likeness (QED) is 0.742. The zero-order valence-corrected chi connectivity index (χ0v) is 16.2. The molecule has 0 saturated carbocycles. The Balaban J connectivity index is 1.48. The van der Waals surface area contributed by atoms with Crippen molar-refractivity contribution in [3.05, 3.63) is 75.3 Å². The predicted molar refractivity (Wildman–Crippen MR) is 109 cm³/mol. The summed E-state index contributed by atoms with van der Waals surface area (Å²) in [6.07, 6.45) is 1.75. The third kappa shape index (κ3) is 3.68. The number of nitrogens with zero attached hydrogens (tertiary/aromatic N) is 3. The van der Waals surface area contributed by atoms with Crippen LogP contribution in [0.5, 0.6) is 0 Å². The highest BCUT2D eigenvalue weighted by Gasteiger charge is 2.17. The van der Waals surface area contributed by atoms with Gasteiger partial charge in [-0.05, 0) is 49.8 Å². The topological polar surface area (TPSA) is 67.2 Å². The Labute approximate surface area is 163 Å². The second-order valence-corrected chi connectivity index (χ2v) is 7.56. The van der Waals surface area contributed by atoms with Crippen molar-refractivity contribution in [3.8, 4) is 0 Å². The highest BCUT2D eigenvalue weighted by molar-refractivity contribution is 5.97. The van der Waals surface area contributed by atoms with Gasteiger partial charge in [0.25, 0.3) is 11.5 Å². The van der Waals surface area contributed by atoms with Crippen LogP contribution < -0.4 is 10.9 Å². The molecule has 1 N–H and O–H groups in total. The molecule has 0 radical (unpaired) electrons. The molecular formula is C22H24N4O2. The van der Waals surface area contributed by atoms with Crippen molar-refractivity contribution in [3.63, 3.8) is 0 Å². The van der Waals surface area contributed by atoms with E-state index in [1.54, 1.807) is 22.8 Å². The van der Waals surface area contributed by atoms with E-state index in [0.717, 1.165) is 37.3 Å². The largest absolute Gasteiger partial charge is 0.348 e. The number of hydrogen-bond acceptors (Lipinski definition) is 4. The van der Waals surface area contributed by atoms with Crippen LogP contribution in [-0.2, 0) is 26.1 Å². The monoisotopic (exact) mass is 376 g/mol. The minimum absolute atomic E-state index is 0.0118. The summed E-state index contributed by atoms with van der Waals surface area (Å²) in [5.41, 5.74) is 3.39. The number of benzene rings is 2. The summed E-state index contributed by atoms with van der Waals surface area (Å²) < 4.78 is 1.74. The van der Waals surface area contributed by atoms with Gasteiger partial charge in [0, 0.05) is 31.6 Å². The predicted octanol–water partition coefficient (Wildman–Crippen LogP) is 2.33. The molecule has 6 heteroatoms. The van der Waals surface area contributed by atoms with Crippen LogP contribution in [0.15, 0.2) is 47.3 Å².